The molecule has 2 N–H and O–H groups in total. The van der Waals surface area contributed by atoms with E-state index < -0.39 is 6.10 Å². The fraction of sp³-hybridized carbons (Fsp3) is 0.296. The summed E-state index contributed by atoms with van der Waals surface area (Å²) < 4.78 is 7.45. The number of aliphatic hydroxyl groups excluding tert-OH is 2. The largest absolute Gasteiger partial charge is 0.394 e. The van der Waals surface area contributed by atoms with E-state index in [0.29, 0.717) is 24.3 Å². The third kappa shape index (κ3) is 5.93. The number of rotatable bonds is 4. The number of benzene rings is 2. The molecule has 1 saturated heterocycles. The van der Waals surface area contributed by atoms with Crippen molar-refractivity contribution in [2.75, 3.05) is 6.61 Å². The molecule has 170 valence electrons. The predicted molar refractivity (Wildman–Crippen MR) is 128 cm³/mol. The number of halogens is 1. The lowest BCUT2D eigenvalue weighted by Gasteiger charge is -2.32. The van der Waals surface area contributed by atoms with Crippen molar-refractivity contribution in [3.8, 4) is 11.8 Å². The summed E-state index contributed by atoms with van der Waals surface area (Å²) in [5.41, 5.74) is 4.62. The van der Waals surface area contributed by atoms with Gasteiger partial charge in [0.1, 0.15) is 0 Å². The molecule has 1 aliphatic rings. The molecule has 0 aliphatic carbocycles. The second-order valence-electron chi connectivity index (χ2n) is 8.40. The van der Waals surface area contributed by atoms with Crippen LogP contribution in [0.25, 0.3) is 0 Å². The number of ether oxygens (including phenoxy) is 1. The van der Waals surface area contributed by atoms with Crippen LogP contribution in [0.5, 0.6) is 0 Å². The Balaban J connectivity index is 1.48. The lowest BCUT2D eigenvalue weighted by Crippen LogP contribution is -2.33. The van der Waals surface area contributed by atoms with Crippen LogP contribution in [-0.2, 0) is 18.2 Å². The maximum absolute atomic E-state index is 11.5. The molecule has 5 nitrogen and oxygen atoms in total. The number of nitrogens with zero attached hydrogens (tertiary/aromatic N) is 1. The van der Waals surface area contributed by atoms with Crippen LogP contribution < -0.4 is 5.56 Å². The van der Waals surface area contributed by atoms with Crippen molar-refractivity contribution in [3.63, 3.8) is 0 Å². The zero-order chi connectivity index (χ0) is 23.4. The number of aryl methyl sites for hydroxylation is 1. The monoisotopic (exact) mass is 463 g/mol. The van der Waals surface area contributed by atoms with E-state index in [1.165, 1.54) is 10.6 Å². The van der Waals surface area contributed by atoms with Crippen LogP contribution in [0.2, 0.25) is 5.02 Å². The van der Waals surface area contributed by atoms with Gasteiger partial charge < -0.3 is 19.5 Å². The molecule has 4 rings (SSSR count). The van der Waals surface area contributed by atoms with Gasteiger partial charge in [-0.05, 0) is 47.4 Å². The van der Waals surface area contributed by atoms with Gasteiger partial charge in [-0.25, -0.2) is 0 Å². The number of hydrogen-bond acceptors (Lipinski definition) is 4. The first-order chi connectivity index (χ1) is 15.9. The van der Waals surface area contributed by atoms with Crippen LogP contribution in [0, 0.1) is 11.8 Å². The molecule has 1 aromatic heterocycles. The normalized spacial score (nSPS) is 20.2. The highest BCUT2D eigenvalue weighted by molar-refractivity contribution is 6.31. The lowest BCUT2D eigenvalue weighted by atomic mass is 9.94. The first kappa shape index (κ1) is 23.3. The summed E-state index contributed by atoms with van der Waals surface area (Å²) in [5, 5.41) is 20.2. The molecule has 33 heavy (non-hydrogen) atoms. The first-order valence-corrected chi connectivity index (χ1v) is 11.3. The summed E-state index contributed by atoms with van der Waals surface area (Å²) in [6.07, 6.45) is 2.21. The molecule has 0 radical (unpaired) electrons. The molecule has 2 heterocycles. The molecule has 0 spiro atoms. The SMILES string of the molecule is Cn1cc(C#Cc2ccc(Cc3cc(C4CC(O)CC(CO)O4)ccc3Cl)cc2)ccc1=O. The average Bonchev–Trinajstić information content (AvgIpc) is 2.81. The fourth-order valence-corrected chi connectivity index (χ4v) is 4.18. The van der Waals surface area contributed by atoms with Gasteiger partial charge in [-0.2, -0.15) is 0 Å². The van der Waals surface area contributed by atoms with Crippen molar-refractivity contribution in [1.82, 2.24) is 4.57 Å². The third-order valence-electron chi connectivity index (χ3n) is 5.81. The minimum atomic E-state index is -0.491. The van der Waals surface area contributed by atoms with E-state index in [4.69, 9.17) is 16.3 Å². The summed E-state index contributed by atoms with van der Waals surface area (Å²) >= 11 is 6.47. The smallest absolute Gasteiger partial charge is 0.250 e. The molecule has 2 aromatic carbocycles. The van der Waals surface area contributed by atoms with Crippen molar-refractivity contribution >= 4 is 11.6 Å². The zero-order valence-corrected chi connectivity index (χ0v) is 19.1. The molecule has 1 aliphatic heterocycles. The van der Waals surface area contributed by atoms with Gasteiger partial charge in [0, 0.05) is 48.3 Å². The van der Waals surface area contributed by atoms with Gasteiger partial charge in [-0.15, -0.1) is 0 Å². The second kappa shape index (κ2) is 10.4. The highest BCUT2D eigenvalue weighted by atomic mass is 35.5. The number of pyridine rings is 1. The summed E-state index contributed by atoms with van der Waals surface area (Å²) in [6, 6.07) is 17.0. The van der Waals surface area contributed by atoms with Crippen LogP contribution in [0.4, 0.5) is 0 Å². The Kier molecular flexibility index (Phi) is 7.32. The highest BCUT2D eigenvalue weighted by Gasteiger charge is 2.29. The lowest BCUT2D eigenvalue weighted by molar-refractivity contribution is -0.113. The number of aromatic nitrogens is 1. The Morgan fingerprint density at radius 2 is 1.79 bits per heavy atom. The second-order valence-corrected chi connectivity index (χ2v) is 8.80. The van der Waals surface area contributed by atoms with E-state index in [0.717, 1.165) is 27.8 Å². The molecule has 0 amide bonds. The minimum Gasteiger partial charge on any atom is -0.394 e. The van der Waals surface area contributed by atoms with Gasteiger partial charge in [0.2, 0.25) is 5.56 Å². The highest BCUT2D eigenvalue weighted by Crippen LogP contribution is 2.33. The van der Waals surface area contributed by atoms with Crippen LogP contribution in [-0.4, -0.2) is 33.6 Å². The van der Waals surface area contributed by atoms with Crippen molar-refractivity contribution in [2.24, 2.45) is 7.05 Å². The maximum atomic E-state index is 11.5. The van der Waals surface area contributed by atoms with Crippen molar-refractivity contribution < 1.29 is 14.9 Å². The molecular formula is C27H26ClNO4. The van der Waals surface area contributed by atoms with Crippen LogP contribution in [0.15, 0.2) is 65.6 Å². The molecule has 0 bridgehead atoms. The number of hydrogen-bond donors (Lipinski definition) is 2. The van der Waals surface area contributed by atoms with Crippen LogP contribution >= 0.6 is 11.6 Å². The van der Waals surface area contributed by atoms with E-state index >= 15 is 0 Å². The standard InChI is InChI=1S/C27H26ClNO4/c1-29-16-20(8-11-27(29)32)7-4-18-2-5-19(6-3-18)12-22-13-21(9-10-25(22)28)26-15-23(31)14-24(17-30)33-26/h2-3,5-6,8-11,13,16,23-24,26,30-31H,12,14-15,17H2,1H3. The van der Waals surface area contributed by atoms with Crippen LogP contribution in [0.3, 0.4) is 0 Å². The molecule has 0 saturated carbocycles. The van der Waals surface area contributed by atoms with Gasteiger partial charge in [0.25, 0.3) is 0 Å². The van der Waals surface area contributed by atoms with Gasteiger partial charge in [-0.1, -0.05) is 47.7 Å². The zero-order valence-electron chi connectivity index (χ0n) is 18.4. The maximum Gasteiger partial charge on any atom is 0.250 e. The van der Waals surface area contributed by atoms with Gasteiger partial charge in [0.15, 0.2) is 0 Å². The molecule has 6 heteroatoms. The summed E-state index contributed by atoms with van der Waals surface area (Å²) in [5.74, 6) is 6.20. The molecule has 1 fully saturated rings. The van der Waals surface area contributed by atoms with E-state index in [-0.39, 0.29) is 24.4 Å². The van der Waals surface area contributed by atoms with Gasteiger partial charge >= 0.3 is 0 Å². The van der Waals surface area contributed by atoms with Crippen molar-refractivity contribution in [2.45, 2.75) is 37.6 Å². The Hall–Kier alpha value is -2.88. The van der Waals surface area contributed by atoms with E-state index in [2.05, 4.69) is 11.8 Å². The van der Waals surface area contributed by atoms with Crippen LogP contribution in [0.1, 0.15) is 46.8 Å². The average molecular weight is 464 g/mol. The van der Waals surface area contributed by atoms with E-state index in [1.807, 2.05) is 42.5 Å². The van der Waals surface area contributed by atoms with Crippen molar-refractivity contribution in [1.29, 1.82) is 0 Å². The summed E-state index contributed by atoms with van der Waals surface area (Å²) in [6.45, 7) is -0.106. The molecule has 3 atom stereocenters. The predicted octanol–water partition coefficient (Wildman–Crippen LogP) is 3.60. The van der Waals surface area contributed by atoms with Gasteiger partial charge in [0.05, 0.1) is 24.9 Å². The Morgan fingerprint density at radius 3 is 2.52 bits per heavy atom. The van der Waals surface area contributed by atoms with Crippen molar-refractivity contribution in [3.05, 3.63) is 104 Å². The fourth-order valence-electron chi connectivity index (χ4n) is 3.99. The molecule has 3 unspecified atom stereocenters. The Labute approximate surface area is 198 Å². The Bertz CT molecular complexity index is 1240. The summed E-state index contributed by atoms with van der Waals surface area (Å²) in [4.78, 5) is 11.5. The quantitative estimate of drug-likeness (QED) is 0.580. The molecule has 3 aromatic rings. The number of aliphatic hydroxyl groups is 2. The first-order valence-electron chi connectivity index (χ1n) is 10.9. The topological polar surface area (TPSA) is 71.7 Å². The third-order valence-corrected chi connectivity index (χ3v) is 6.18. The molecular weight excluding hydrogens is 438 g/mol. The van der Waals surface area contributed by atoms with Gasteiger partial charge in [-0.3, -0.25) is 4.79 Å². The van der Waals surface area contributed by atoms with E-state index in [1.54, 1.807) is 19.3 Å². The Morgan fingerprint density at radius 1 is 1.06 bits per heavy atom. The van der Waals surface area contributed by atoms with E-state index in [9.17, 15) is 15.0 Å². The summed E-state index contributed by atoms with van der Waals surface area (Å²) in [7, 11) is 1.70. The minimum absolute atomic E-state index is 0.0629.